The Morgan fingerprint density at radius 3 is 2.32 bits per heavy atom. The monoisotopic (exact) mass is 351 g/mol. The van der Waals surface area contributed by atoms with E-state index in [0.29, 0.717) is 5.57 Å². The second-order valence-corrected chi connectivity index (χ2v) is 6.06. The number of thiazole rings is 1. The van der Waals surface area contributed by atoms with E-state index in [1.807, 2.05) is 60.7 Å². The zero-order valence-corrected chi connectivity index (χ0v) is 13.8. The lowest BCUT2D eigenvalue weighted by Crippen LogP contribution is -2.13. The zero-order valence-electron chi connectivity index (χ0n) is 13.0. The molecule has 0 saturated carbocycles. The molecule has 6 nitrogen and oxygen atoms in total. The van der Waals surface area contributed by atoms with Gasteiger partial charge in [0.15, 0.2) is 5.13 Å². The van der Waals surface area contributed by atoms with Crippen molar-refractivity contribution in [2.24, 2.45) is 0 Å². The van der Waals surface area contributed by atoms with Crippen molar-refractivity contribution in [3.8, 4) is 0 Å². The summed E-state index contributed by atoms with van der Waals surface area (Å²) >= 11 is 0.819. The predicted molar refractivity (Wildman–Crippen MR) is 98.2 cm³/mol. The quantitative estimate of drug-likeness (QED) is 0.323. The highest BCUT2D eigenvalue weighted by Gasteiger charge is 2.17. The Hall–Kier alpha value is -3.32. The van der Waals surface area contributed by atoms with Crippen LogP contribution in [0.4, 0.5) is 10.1 Å². The molecule has 0 unspecified atom stereocenters. The van der Waals surface area contributed by atoms with Gasteiger partial charge in [0.2, 0.25) is 0 Å². The van der Waals surface area contributed by atoms with E-state index >= 15 is 0 Å². The Morgan fingerprint density at radius 1 is 1.08 bits per heavy atom. The van der Waals surface area contributed by atoms with E-state index < -0.39 is 4.92 Å². The summed E-state index contributed by atoms with van der Waals surface area (Å²) in [5.41, 5.74) is 2.07. The summed E-state index contributed by atoms with van der Waals surface area (Å²) < 4.78 is 0. The first-order chi connectivity index (χ1) is 12.1. The molecule has 0 fully saturated rings. The van der Waals surface area contributed by atoms with Gasteiger partial charge in [0.05, 0.1) is 4.92 Å². The molecule has 0 aliphatic carbocycles. The zero-order chi connectivity index (χ0) is 17.6. The molecule has 124 valence electrons. The molecule has 2 aromatic carbocycles. The van der Waals surface area contributed by atoms with Gasteiger partial charge in [-0.1, -0.05) is 60.7 Å². The largest absolute Gasteiger partial charge is 0.345 e. The summed E-state index contributed by atoms with van der Waals surface area (Å²) in [6, 6.07) is 18.7. The van der Waals surface area contributed by atoms with Crippen LogP contribution < -0.4 is 5.32 Å². The van der Waals surface area contributed by atoms with E-state index in [9.17, 15) is 14.9 Å². The third kappa shape index (κ3) is 4.15. The van der Waals surface area contributed by atoms with Crippen LogP contribution in [0.15, 0.2) is 66.9 Å². The fourth-order valence-electron chi connectivity index (χ4n) is 2.19. The van der Waals surface area contributed by atoms with Crippen LogP contribution in [0, 0.1) is 10.1 Å². The average Bonchev–Trinajstić information content (AvgIpc) is 3.10. The van der Waals surface area contributed by atoms with Crippen LogP contribution in [0.3, 0.4) is 0 Å². The number of anilines is 1. The molecule has 25 heavy (non-hydrogen) atoms. The van der Waals surface area contributed by atoms with Gasteiger partial charge in [-0.25, -0.2) is 4.98 Å². The van der Waals surface area contributed by atoms with E-state index in [-0.39, 0.29) is 16.0 Å². The molecular formula is C18H13N3O3S. The molecule has 1 aromatic heterocycles. The smallest absolute Gasteiger partial charge is 0.298 e. The molecular weight excluding hydrogens is 338 g/mol. The highest BCUT2D eigenvalue weighted by atomic mass is 32.1. The summed E-state index contributed by atoms with van der Waals surface area (Å²) in [5, 5.41) is 13.4. The van der Waals surface area contributed by atoms with E-state index in [0.717, 1.165) is 28.7 Å². The van der Waals surface area contributed by atoms with Gasteiger partial charge in [0, 0.05) is 5.57 Å². The van der Waals surface area contributed by atoms with E-state index in [1.54, 1.807) is 6.08 Å². The summed E-state index contributed by atoms with van der Waals surface area (Å²) in [4.78, 5) is 26.8. The first kappa shape index (κ1) is 16.5. The van der Waals surface area contributed by atoms with E-state index in [4.69, 9.17) is 0 Å². The number of carbonyl (C=O) groups is 1. The summed E-state index contributed by atoms with van der Waals surface area (Å²) in [5.74, 6) is -0.376. The van der Waals surface area contributed by atoms with Crippen molar-refractivity contribution < 1.29 is 9.72 Å². The first-order valence-corrected chi connectivity index (χ1v) is 8.19. The number of hydrogen-bond donors (Lipinski definition) is 1. The maximum atomic E-state index is 12.7. The molecule has 3 rings (SSSR count). The molecule has 0 aliphatic heterocycles. The maximum absolute atomic E-state index is 12.7. The molecule has 3 aromatic rings. The van der Waals surface area contributed by atoms with Crippen molar-refractivity contribution in [1.82, 2.24) is 4.98 Å². The van der Waals surface area contributed by atoms with Crippen LogP contribution in [-0.2, 0) is 4.79 Å². The minimum atomic E-state index is -0.536. The fourth-order valence-corrected chi connectivity index (χ4v) is 2.81. The maximum Gasteiger partial charge on any atom is 0.345 e. The first-order valence-electron chi connectivity index (χ1n) is 7.37. The SMILES string of the molecule is O=C(Nc1ncc([N+](=O)[O-])s1)/C(=C\c1ccccc1)c1ccccc1. The number of rotatable bonds is 5. The highest BCUT2D eigenvalue weighted by Crippen LogP contribution is 2.27. The lowest BCUT2D eigenvalue weighted by molar-refractivity contribution is -0.380. The number of aromatic nitrogens is 1. The Morgan fingerprint density at radius 2 is 1.72 bits per heavy atom. The van der Waals surface area contributed by atoms with Crippen molar-refractivity contribution >= 4 is 39.0 Å². The Labute approximate surface area is 147 Å². The number of nitro groups is 1. The summed E-state index contributed by atoms with van der Waals surface area (Å²) in [6.07, 6.45) is 2.90. The van der Waals surface area contributed by atoms with Crippen LogP contribution in [0.25, 0.3) is 11.6 Å². The van der Waals surface area contributed by atoms with Gasteiger partial charge in [-0.3, -0.25) is 20.2 Å². The highest BCUT2D eigenvalue weighted by molar-refractivity contribution is 7.18. The number of nitrogens with one attached hydrogen (secondary N) is 1. The topological polar surface area (TPSA) is 85.1 Å². The second-order valence-electron chi connectivity index (χ2n) is 5.05. The van der Waals surface area contributed by atoms with Crippen LogP contribution in [0.1, 0.15) is 11.1 Å². The summed E-state index contributed by atoms with van der Waals surface area (Å²) in [7, 11) is 0. The van der Waals surface area contributed by atoms with Gasteiger partial charge < -0.3 is 0 Å². The van der Waals surface area contributed by atoms with Gasteiger partial charge in [-0.05, 0) is 28.5 Å². The lowest BCUT2D eigenvalue weighted by Gasteiger charge is -2.08. The second kappa shape index (κ2) is 7.50. The fraction of sp³-hybridized carbons (Fsp3) is 0. The van der Waals surface area contributed by atoms with Crippen LogP contribution in [0.5, 0.6) is 0 Å². The molecule has 1 amide bonds. The van der Waals surface area contributed by atoms with Crippen LogP contribution >= 0.6 is 11.3 Å². The number of carbonyl (C=O) groups excluding carboxylic acids is 1. The van der Waals surface area contributed by atoms with Crippen molar-refractivity contribution in [3.05, 3.63) is 88.1 Å². The third-order valence-corrected chi connectivity index (χ3v) is 4.20. The van der Waals surface area contributed by atoms with Crippen LogP contribution in [-0.4, -0.2) is 15.8 Å². The number of hydrogen-bond acceptors (Lipinski definition) is 5. The van der Waals surface area contributed by atoms with Gasteiger partial charge >= 0.3 is 5.00 Å². The molecule has 0 radical (unpaired) electrons. The average molecular weight is 351 g/mol. The lowest BCUT2D eigenvalue weighted by atomic mass is 10.0. The molecule has 1 heterocycles. The predicted octanol–water partition coefficient (Wildman–Crippen LogP) is 4.23. The molecule has 0 atom stereocenters. The molecule has 0 bridgehead atoms. The normalized spacial score (nSPS) is 11.1. The van der Waals surface area contributed by atoms with E-state index in [2.05, 4.69) is 10.3 Å². The molecule has 0 spiro atoms. The number of nitrogens with zero attached hydrogens (tertiary/aromatic N) is 2. The van der Waals surface area contributed by atoms with Crippen molar-refractivity contribution in [2.75, 3.05) is 5.32 Å². The minimum Gasteiger partial charge on any atom is -0.298 e. The van der Waals surface area contributed by atoms with Crippen molar-refractivity contribution in [3.63, 3.8) is 0 Å². The minimum absolute atomic E-state index is 0.122. The Balaban J connectivity index is 1.92. The third-order valence-electron chi connectivity index (χ3n) is 3.33. The van der Waals surface area contributed by atoms with E-state index in [1.165, 1.54) is 0 Å². The molecule has 7 heteroatoms. The summed E-state index contributed by atoms with van der Waals surface area (Å²) in [6.45, 7) is 0. The Bertz CT molecular complexity index is 921. The van der Waals surface area contributed by atoms with Crippen molar-refractivity contribution in [1.29, 1.82) is 0 Å². The standard InChI is InChI=1S/C18H13N3O3S/c22-17(20-18-19-12-16(25-18)21(23)24)15(14-9-5-2-6-10-14)11-13-7-3-1-4-8-13/h1-12H,(H,19,20,22)/b15-11-. The van der Waals surface area contributed by atoms with Gasteiger partial charge in [-0.15, -0.1) is 0 Å². The van der Waals surface area contributed by atoms with Gasteiger partial charge in [0.1, 0.15) is 6.20 Å². The van der Waals surface area contributed by atoms with Gasteiger partial charge in [0.25, 0.3) is 5.91 Å². The Kier molecular flexibility index (Phi) is 4.96. The number of benzene rings is 2. The molecule has 0 saturated heterocycles. The molecule has 1 N–H and O–H groups in total. The van der Waals surface area contributed by atoms with Crippen LogP contribution in [0.2, 0.25) is 0 Å². The number of amides is 1. The van der Waals surface area contributed by atoms with Crippen molar-refractivity contribution in [2.45, 2.75) is 0 Å². The molecule has 0 aliphatic rings. The van der Waals surface area contributed by atoms with Gasteiger partial charge in [-0.2, -0.15) is 0 Å².